The first-order chi connectivity index (χ1) is 16.0. The van der Waals surface area contributed by atoms with Gasteiger partial charge in [0.25, 0.3) is 11.6 Å². The third-order valence-corrected chi connectivity index (χ3v) is 7.78. The van der Waals surface area contributed by atoms with Crippen LogP contribution in [-0.2, 0) is 24.3 Å². The molecule has 1 aliphatic rings. The van der Waals surface area contributed by atoms with Crippen molar-refractivity contribution in [3.63, 3.8) is 0 Å². The average molecular weight is 490 g/mol. The van der Waals surface area contributed by atoms with Gasteiger partial charge in [-0.15, -0.1) is 0 Å². The molecule has 1 N–H and O–H groups in total. The lowest BCUT2D eigenvalue weighted by Gasteiger charge is -2.31. The molecular weight excluding hydrogens is 462 g/mol. The maximum Gasteiger partial charge on any atom is 0.309 e. The Balaban J connectivity index is 1.55. The summed E-state index contributed by atoms with van der Waals surface area (Å²) in [4.78, 5) is 35.5. The molecule has 34 heavy (non-hydrogen) atoms. The molecule has 1 aliphatic heterocycles. The zero-order valence-corrected chi connectivity index (χ0v) is 20.0. The number of benzene rings is 2. The molecular formula is C23H27N3O7S. The number of hydrogen-bond donors (Lipinski definition) is 1. The normalized spacial score (nSPS) is 16.0. The summed E-state index contributed by atoms with van der Waals surface area (Å²) in [7, 11) is -3.67. The standard InChI is InChI=1S/C23H27N3O7S/c1-15-7-8-21(16(2)13-15)34(31,32)25-11-9-18(10-12-25)23(28)33-17(3)22(27)24-19-5-4-6-20(14-19)26(29)30/h4-8,13-14,17-18H,9-12H2,1-3H3,(H,24,27). The largest absolute Gasteiger partial charge is 0.452 e. The van der Waals surface area contributed by atoms with Gasteiger partial charge in [0.1, 0.15) is 0 Å². The van der Waals surface area contributed by atoms with E-state index in [-0.39, 0.29) is 42.2 Å². The molecule has 11 heteroatoms. The zero-order chi connectivity index (χ0) is 25.0. The van der Waals surface area contributed by atoms with E-state index in [0.29, 0.717) is 5.56 Å². The maximum atomic E-state index is 13.0. The van der Waals surface area contributed by atoms with E-state index in [1.807, 2.05) is 13.0 Å². The highest BCUT2D eigenvalue weighted by Gasteiger charge is 2.34. The molecule has 1 amide bonds. The predicted octanol–water partition coefficient (Wildman–Crippen LogP) is 3.18. The molecule has 2 aromatic carbocycles. The second-order valence-corrected chi connectivity index (χ2v) is 10.2. The van der Waals surface area contributed by atoms with Gasteiger partial charge in [-0.3, -0.25) is 19.7 Å². The number of ether oxygens (including phenoxy) is 1. The van der Waals surface area contributed by atoms with Crippen LogP contribution < -0.4 is 5.32 Å². The van der Waals surface area contributed by atoms with Crippen LogP contribution in [0.4, 0.5) is 11.4 Å². The van der Waals surface area contributed by atoms with Crippen molar-refractivity contribution < 1.29 is 27.7 Å². The minimum Gasteiger partial charge on any atom is -0.452 e. The molecule has 10 nitrogen and oxygen atoms in total. The molecule has 3 rings (SSSR count). The Morgan fingerprint density at radius 1 is 1.15 bits per heavy atom. The van der Waals surface area contributed by atoms with Crippen LogP contribution >= 0.6 is 0 Å². The Labute approximate surface area is 198 Å². The van der Waals surface area contributed by atoms with Crippen LogP contribution in [0, 0.1) is 29.9 Å². The smallest absolute Gasteiger partial charge is 0.309 e. The maximum absolute atomic E-state index is 13.0. The fraction of sp³-hybridized carbons (Fsp3) is 0.391. The molecule has 1 heterocycles. The SMILES string of the molecule is Cc1ccc(S(=O)(=O)N2CCC(C(=O)OC(C)C(=O)Nc3cccc([N+](=O)[O-])c3)CC2)c(C)c1. The van der Waals surface area contributed by atoms with Crippen molar-refractivity contribution >= 4 is 33.3 Å². The van der Waals surface area contributed by atoms with Crippen molar-refractivity contribution in [2.75, 3.05) is 18.4 Å². The number of non-ortho nitro benzene ring substituents is 1. The number of amides is 1. The van der Waals surface area contributed by atoms with Gasteiger partial charge in [-0.1, -0.05) is 23.8 Å². The number of carbonyl (C=O) groups excluding carboxylic acids is 2. The summed E-state index contributed by atoms with van der Waals surface area (Å²) < 4.78 is 32.7. The van der Waals surface area contributed by atoms with Crippen LogP contribution in [0.2, 0.25) is 0 Å². The van der Waals surface area contributed by atoms with Gasteiger partial charge in [-0.2, -0.15) is 4.31 Å². The van der Waals surface area contributed by atoms with Crippen LogP contribution in [0.25, 0.3) is 0 Å². The average Bonchev–Trinajstić information content (AvgIpc) is 2.79. The van der Waals surface area contributed by atoms with E-state index in [1.54, 1.807) is 19.1 Å². The number of aryl methyl sites for hydroxylation is 2. The van der Waals surface area contributed by atoms with E-state index in [9.17, 15) is 28.1 Å². The van der Waals surface area contributed by atoms with Crippen molar-refractivity contribution in [1.29, 1.82) is 0 Å². The first kappa shape index (κ1) is 25.3. The predicted molar refractivity (Wildman–Crippen MR) is 125 cm³/mol. The second-order valence-electron chi connectivity index (χ2n) is 8.32. The molecule has 0 spiro atoms. The molecule has 1 fully saturated rings. The number of esters is 1. The topological polar surface area (TPSA) is 136 Å². The minimum absolute atomic E-state index is 0.170. The first-order valence-electron chi connectivity index (χ1n) is 10.8. The number of nitro benzene ring substituents is 1. The summed E-state index contributed by atoms with van der Waals surface area (Å²) in [5.74, 6) is -1.73. The van der Waals surface area contributed by atoms with Gasteiger partial charge in [-0.25, -0.2) is 8.42 Å². The fourth-order valence-electron chi connectivity index (χ4n) is 3.82. The molecule has 1 atom stereocenters. The number of piperidine rings is 1. The summed E-state index contributed by atoms with van der Waals surface area (Å²) >= 11 is 0. The first-order valence-corrected chi connectivity index (χ1v) is 12.3. The number of sulfonamides is 1. The molecule has 1 saturated heterocycles. The number of carbonyl (C=O) groups is 2. The van der Waals surface area contributed by atoms with Crippen molar-refractivity contribution in [3.8, 4) is 0 Å². The van der Waals surface area contributed by atoms with E-state index >= 15 is 0 Å². The Bertz CT molecular complexity index is 1200. The molecule has 0 radical (unpaired) electrons. The van der Waals surface area contributed by atoms with Crippen molar-refractivity contribution in [3.05, 3.63) is 63.7 Å². The Morgan fingerprint density at radius 2 is 1.82 bits per heavy atom. The minimum atomic E-state index is -3.67. The van der Waals surface area contributed by atoms with Crippen molar-refractivity contribution in [2.24, 2.45) is 5.92 Å². The van der Waals surface area contributed by atoms with Gasteiger partial charge in [0.2, 0.25) is 10.0 Å². The summed E-state index contributed by atoms with van der Waals surface area (Å²) in [6, 6.07) is 10.6. The van der Waals surface area contributed by atoms with Crippen molar-refractivity contribution in [2.45, 2.75) is 44.6 Å². The molecule has 0 aliphatic carbocycles. The van der Waals surface area contributed by atoms with Crippen LogP contribution in [0.1, 0.15) is 30.9 Å². The number of nitrogens with zero attached hydrogens (tertiary/aromatic N) is 2. The van der Waals surface area contributed by atoms with E-state index in [4.69, 9.17) is 4.74 Å². The third kappa shape index (κ3) is 5.78. The molecule has 182 valence electrons. The summed E-state index contributed by atoms with van der Waals surface area (Å²) in [6.07, 6.45) is -0.562. The number of rotatable bonds is 7. The molecule has 2 aromatic rings. The molecule has 0 aromatic heterocycles. The summed E-state index contributed by atoms with van der Waals surface area (Å²) in [6.45, 7) is 5.40. The lowest BCUT2D eigenvalue weighted by Crippen LogP contribution is -2.42. The van der Waals surface area contributed by atoms with Gasteiger partial charge in [0.15, 0.2) is 6.10 Å². The Morgan fingerprint density at radius 3 is 2.44 bits per heavy atom. The number of anilines is 1. The number of hydrogen-bond acceptors (Lipinski definition) is 7. The van der Waals surface area contributed by atoms with Crippen molar-refractivity contribution in [1.82, 2.24) is 4.31 Å². The summed E-state index contributed by atoms with van der Waals surface area (Å²) in [5, 5.41) is 13.4. The van der Waals surface area contributed by atoms with Gasteiger partial charge in [0.05, 0.1) is 15.7 Å². The molecule has 0 saturated carbocycles. The van der Waals surface area contributed by atoms with Gasteiger partial charge in [0, 0.05) is 30.9 Å². The quantitative estimate of drug-likeness (QED) is 0.358. The highest BCUT2D eigenvalue weighted by Crippen LogP contribution is 2.27. The van der Waals surface area contributed by atoms with Crippen LogP contribution in [0.15, 0.2) is 47.4 Å². The number of nitrogens with one attached hydrogen (secondary N) is 1. The second kappa shape index (κ2) is 10.3. The van der Waals surface area contributed by atoms with Crippen LogP contribution in [0.3, 0.4) is 0 Å². The van der Waals surface area contributed by atoms with Crippen LogP contribution in [-0.4, -0.2) is 48.7 Å². The lowest BCUT2D eigenvalue weighted by atomic mass is 9.98. The van der Waals surface area contributed by atoms with E-state index in [0.717, 1.165) is 5.56 Å². The molecule has 0 bridgehead atoms. The van der Waals surface area contributed by atoms with E-state index in [1.165, 1.54) is 35.5 Å². The highest BCUT2D eigenvalue weighted by atomic mass is 32.2. The van der Waals surface area contributed by atoms with E-state index < -0.39 is 38.8 Å². The van der Waals surface area contributed by atoms with Gasteiger partial charge >= 0.3 is 5.97 Å². The Hall–Kier alpha value is -3.31. The third-order valence-electron chi connectivity index (χ3n) is 5.72. The Kier molecular flexibility index (Phi) is 7.68. The zero-order valence-electron chi connectivity index (χ0n) is 19.2. The monoisotopic (exact) mass is 489 g/mol. The van der Waals surface area contributed by atoms with Crippen LogP contribution in [0.5, 0.6) is 0 Å². The van der Waals surface area contributed by atoms with Gasteiger partial charge in [-0.05, 0) is 51.3 Å². The number of nitro groups is 1. The summed E-state index contributed by atoms with van der Waals surface area (Å²) in [5.41, 5.74) is 1.68. The highest BCUT2D eigenvalue weighted by molar-refractivity contribution is 7.89. The van der Waals surface area contributed by atoms with Gasteiger partial charge < -0.3 is 10.1 Å². The van der Waals surface area contributed by atoms with E-state index in [2.05, 4.69) is 5.32 Å². The fourth-order valence-corrected chi connectivity index (χ4v) is 5.50. The lowest BCUT2D eigenvalue weighted by molar-refractivity contribution is -0.384. The molecule has 1 unspecified atom stereocenters.